The van der Waals surface area contributed by atoms with Crippen LogP contribution in [0.4, 0.5) is 0 Å². The van der Waals surface area contributed by atoms with Crippen LogP contribution < -0.4 is 0 Å². The van der Waals surface area contributed by atoms with Gasteiger partial charge in [-0.3, -0.25) is 19.2 Å². The van der Waals surface area contributed by atoms with Crippen molar-refractivity contribution in [2.45, 2.75) is 58.4 Å². The molecule has 0 unspecified atom stereocenters. The molecule has 0 N–H and O–H groups in total. The Balaban J connectivity index is 3.24. The van der Waals surface area contributed by atoms with Crippen LogP contribution in [0.3, 0.4) is 0 Å². The Morgan fingerprint density at radius 3 is 1.81 bits per heavy atom. The summed E-state index contributed by atoms with van der Waals surface area (Å²) in [5, 5.41) is 0. The Bertz CT molecular complexity index is 573. The highest BCUT2D eigenvalue weighted by Crippen LogP contribution is 2.29. The molecule has 0 bridgehead atoms. The normalized spacial score (nSPS) is 27.2. The van der Waals surface area contributed by atoms with E-state index in [0.717, 1.165) is 27.7 Å². The van der Waals surface area contributed by atoms with Gasteiger partial charge in [0.2, 0.25) is 0 Å². The average Bonchev–Trinajstić information content (AvgIpc) is 2.54. The van der Waals surface area contributed by atoms with Gasteiger partial charge in [0.25, 0.3) is 0 Å². The summed E-state index contributed by atoms with van der Waals surface area (Å²) >= 11 is 0. The molecule has 0 spiro atoms. The van der Waals surface area contributed by atoms with Gasteiger partial charge in [-0.2, -0.15) is 0 Å². The molecule has 0 radical (unpaired) electrons. The molecule has 0 aromatic carbocycles. The summed E-state index contributed by atoms with van der Waals surface area (Å²) in [6.45, 7) is 3.71. The van der Waals surface area contributed by atoms with Crippen LogP contribution in [0.25, 0.3) is 0 Å². The summed E-state index contributed by atoms with van der Waals surface area (Å²) in [7, 11) is 0. The fourth-order valence-corrected chi connectivity index (χ4v) is 2.46. The van der Waals surface area contributed by atoms with Crippen molar-refractivity contribution in [2.24, 2.45) is 0 Å². The van der Waals surface area contributed by atoms with Gasteiger partial charge in [0.05, 0.1) is 0 Å². The first-order valence-electron chi connectivity index (χ1n) is 8.01. The van der Waals surface area contributed by atoms with Crippen LogP contribution in [0.2, 0.25) is 0 Å². The maximum Gasteiger partial charge on any atom is 0.303 e. The monoisotopic (exact) mass is 390 g/mol. The lowest BCUT2D eigenvalue weighted by molar-refractivity contribution is -0.305. The summed E-state index contributed by atoms with van der Waals surface area (Å²) in [6, 6.07) is 0. The first kappa shape index (κ1) is 22.5. The molecule has 11 nitrogen and oxygen atoms in total. The Hall–Kier alpha value is -2.53. The van der Waals surface area contributed by atoms with E-state index in [2.05, 4.69) is 0 Å². The molecule has 1 heterocycles. The van der Waals surface area contributed by atoms with E-state index in [9.17, 15) is 24.0 Å². The number of hydrogen-bond acceptors (Lipinski definition) is 11. The molecule has 0 amide bonds. The SMILES string of the molecule is CC(=O)OC[C@H]1O[C@H](OCC=O)[C@@H](OC(C)=O)[C@@H](OC(C)=O)[C@@H]1OC(C)=O. The molecule has 0 aromatic rings. The van der Waals surface area contributed by atoms with Crippen LogP contribution in [0, 0.1) is 0 Å². The molecule has 0 saturated carbocycles. The highest BCUT2D eigenvalue weighted by Gasteiger charge is 2.52. The van der Waals surface area contributed by atoms with Crippen LogP contribution in [0.1, 0.15) is 27.7 Å². The molecule has 1 saturated heterocycles. The van der Waals surface area contributed by atoms with Crippen LogP contribution >= 0.6 is 0 Å². The van der Waals surface area contributed by atoms with Gasteiger partial charge < -0.3 is 33.2 Å². The van der Waals surface area contributed by atoms with Gasteiger partial charge in [0.15, 0.2) is 24.6 Å². The van der Waals surface area contributed by atoms with Crippen molar-refractivity contribution in [3.63, 3.8) is 0 Å². The first-order chi connectivity index (χ1) is 12.6. The van der Waals surface area contributed by atoms with Gasteiger partial charge >= 0.3 is 23.9 Å². The third kappa shape index (κ3) is 7.31. The summed E-state index contributed by atoms with van der Waals surface area (Å²) in [6.07, 6.45) is -5.91. The fraction of sp³-hybridized carbons (Fsp3) is 0.688. The number of carbonyl (C=O) groups excluding carboxylic acids is 5. The summed E-state index contributed by atoms with van der Waals surface area (Å²) in [5.74, 6) is -2.86. The molecule has 1 aliphatic heterocycles. The van der Waals surface area contributed by atoms with Gasteiger partial charge in [0, 0.05) is 27.7 Å². The van der Waals surface area contributed by atoms with E-state index in [-0.39, 0.29) is 6.61 Å². The smallest absolute Gasteiger partial charge is 0.303 e. The van der Waals surface area contributed by atoms with E-state index >= 15 is 0 Å². The summed E-state index contributed by atoms with van der Waals surface area (Å²) in [5.41, 5.74) is 0. The van der Waals surface area contributed by atoms with Crippen molar-refractivity contribution < 1.29 is 52.4 Å². The van der Waals surface area contributed by atoms with Crippen LogP contribution in [-0.2, 0) is 52.4 Å². The molecule has 11 heteroatoms. The minimum atomic E-state index is -1.34. The lowest BCUT2D eigenvalue weighted by atomic mass is 9.98. The Labute approximate surface area is 155 Å². The van der Waals surface area contributed by atoms with Gasteiger partial charge in [0.1, 0.15) is 25.6 Å². The van der Waals surface area contributed by atoms with E-state index < -0.39 is 61.2 Å². The zero-order valence-electron chi connectivity index (χ0n) is 15.4. The number of hydrogen-bond donors (Lipinski definition) is 0. The molecule has 5 atom stereocenters. The molecule has 0 aliphatic carbocycles. The van der Waals surface area contributed by atoms with E-state index in [1.54, 1.807) is 0 Å². The maximum absolute atomic E-state index is 11.5. The Kier molecular flexibility index (Phi) is 8.82. The maximum atomic E-state index is 11.5. The number of esters is 4. The van der Waals surface area contributed by atoms with Crippen molar-refractivity contribution in [3.05, 3.63) is 0 Å². The van der Waals surface area contributed by atoms with Gasteiger partial charge in [-0.05, 0) is 0 Å². The molecule has 1 aliphatic rings. The fourth-order valence-electron chi connectivity index (χ4n) is 2.46. The van der Waals surface area contributed by atoms with Crippen molar-refractivity contribution in [1.82, 2.24) is 0 Å². The second-order valence-corrected chi connectivity index (χ2v) is 5.57. The second-order valence-electron chi connectivity index (χ2n) is 5.57. The minimum Gasteiger partial charge on any atom is -0.463 e. The van der Waals surface area contributed by atoms with Crippen molar-refractivity contribution in [3.8, 4) is 0 Å². The zero-order chi connectivity index (χ0) is 20.6. The Morgan fingerprint density at radius 1 is 0.815 bits per heavy atom. The lowest BCUT2D eigenvalue weighted by Crippen LogP contribution is -2.63. The molecule has 1 rings (SSSR count). The average molecular weight is 390 g/mol. The molecule has 0 aromatic heterocycles. The quantitative estimate of drug-likeness (QED) is 0.295. The lowest BCUT2D eigenvalue weighted by Gasteiger charge is -2.43. The standard InChI is InChI=1S/C16H22O11/c1-8(18)23-7-12-13(24-9(2)19)14(25-10(3)20)15(26-11(4)21)16(27-12)22-6-5-17/h5,12-16H,6-7H2,1-4H3/t12-,13-,14+,15+,16+/m1/s1. The summed E-state index contributed by atoms with van der Waals surface area (Å²) in [4.78, 5) is 56.3. The molecule has 152 valence electrons. The number of rotatable bonds is 8. The number of aldehydes is 1. The topological polar surface area (TPSA) is 141 Å². The molecule has 27 heavy (non-hydrogen) atoms. The van der Waals surface area contributed by atoms with Crippen molar-refractivity contribution >= 4 is 30.2 Å². The van der Waals surface area contributed by atoms with Crippen molar-refractivity contribution in [1.29, 1.82) is 0 Å². The van der Waals surface area contributed by atoms with Crippen LogP contribution in [0.15, 0.2) is 0 Å². The molecular formula is C16H22O11. The third-order valence-electron chi connectivity index (χ3n) is 3.28. The van der Waals surface area contributed by atoms with E-state index in [0.29, 0.717) is 6.29 Å². The van der Waals surface area contributed by atoms with E-state index in [4.69, 9.17) is 28.4 Å². The highest BCUT2D eigenvalue weighted by molar-refractivity contribution is 5.68. The second kappa shape index (κ2) is 10.6. The van der Waals surface area contributed by atoms with Crippen LogP contribution in [0.5, 0.6) is 0 Å². The van der Waals surface area contributed by atoms with Gasteiger partial charge in [-0.25, -0.2) is 0 Å². The highest BCUT2D eigenvalue weighted by atomic mass is 16.7. The van der Waals surface area contributed by atoms with Crippen LogP contribution in [-0.4, -0.2) is 74.1 Å². The first-order valence-corrected chi connectivity index (χ1v) is 8.01. The predicted molar refractivity (Wildman–Crippen MR) is 84.0 cm³/mol. The third-order valence-corrected chi connectivity index (χ3v) is 3.28. The van der Waals surface area contributed by atoms with Crippen molar-refractivity contribution in [2.75, 3.05) is 13.2 Å². The number of ether oxygens (including phenoxy) is 6. The molecular weight excluding hydrogens is 368 g/mol. The largest absolute Gasteiger partial charge is 0.463 e. The Morgan fingerprint density at radius 2 is 1.33 bits per heavy atom. The van der Waals surface area contributed by atoms with Gasteiger partial charge in [-0.15, -0.1) is 0 Å². The summed E-state index contributed by atoms with van der Waals surface area (Å²) < 4.78 is 31.1. The zero-order valence-corrected chi connectivity index (χ0v) is 15.4. The number of carbonyl (C=O) groups is 5. The van der Waals surface area contributed by atoms with E-state index in [1.807, 2.05) is 0 Å². The predicted octanol–water partition coefficient (Wildman–Crippen LogP) is -0.715. The minimum absolute atomic E-state index is 0.362. The molecule has 1 fully saturated rings. The van der Waals surface area contributed by atoms with Gasteiger partial charge in [-0.1, -0.05) is 0 Å². The van der Waals surface area contributed by atoms with E-state index in [1.165, 1.54) is 0 Å².